The number of nitrogens with zero attached hydrogens (tertiary/aromatic N) is 4. The predicted octanol–water partition coefficient (Wildman–Crippen LogP) is 2.71. The van der Waals surface area contributed by atoms with Gasteiger partial charge in [0.25, 0.3) is 15.6 Å². The van der Waals surface area contributed by atoms with Gasteiger partial charge in [-0.05, 0) is 30.3 Å². The van der Waals surface area contributed by atoms with Crippen LogP contribution in [0.5, 0.6) is 0 Å². The minimum absolute atomic E-state index is 0.0805. The fourth-order valence-corrected chi connectivity index (χ4v) is 4.60. The van der Waals surface area contributed by atoms with Crippen molar-refractivity contribution < 1.29 is 17.2 Å². The highest BCUT2D eigenvalue weighted by molar-refractivity contribution is 7.92. The van der Waals surface area contributed by atoms with Crippen molar-refractivity contribution >= 4 is 44.3 Å². The van der Waals surface area contributed by atoms with Crippen LogP contribution in [0.4, 0.5) is 20.4 Å². The average molecular weight is 479 g/mol. The summed E-state index contributed by atoms with van der Waals surface area (Å²) in [5, 5.41) is -0.0337. The van der Waals surface area contributed by atoms with E-state index in [-0.39, 0.29) is 22.3 Å². The summed E-state index contributed by atoms with van der Waals surface area (Å²) in [7, 11) is -3.01. The van der Waals surface area contributed by atoms with E-state index >= 15 is 4.39 Å². The van der Waals surface area contributed by atoms with Crippen LogP contribution in [-0.4, -0.2) is 27.9 Å². The van der Waals surface area contributed by atoms with Crippen molar-refractivity contribution in [3.63, 3.8) is 0 Å². The number of fused-ring (bicyclic) bond motifs is 1. The Morgan fingerprint density at radius 1 is 1.19 bits per heavy atom. The van der Waals surface area contributed by atoms with E-state index in [1.165, 1.54) is 37.6 Å². The average Bonchev–Trinajstić information content (AvgIpc) is 2.74. The number of hydrogen-bond acceptors (Lipinski definition) is 7. The Bertz CT molecular complexity index is 1560. The van der Waals surface area contributed by atoms with Crippen LogP contribution in [0.25, 0.3) is 22.2 Å². The number of sulfonamides is 1. The summed E-state index contributed by atoms with van der Waals surface area (Å²) < 4.78 is 58.4. The molecule has 13 heteroatoms. The Kier molecular flexibility index (Phi) is 5.26. The lowest BCUT2D eigenvalue weighted by molar-refractivity contribution is 0.587. The number of aryl methyl sites for hydroxylation is 1. The third kappa shape index (κ3) is 3.63. The Morgan fingerprint density at radius 2 is 1.94 bits per heavy atom. The van der Waals surface area contributed by atoms with Crippen LogP contribution in [-0.2, 0) is 17.1 Å². The third-order valence-electron chi connectivity index (χ3n) is 4.59. The van der Waals surface area contributed by atoms with E-state index in [9.17, 15) is 17.6 Å². The molecule has 0 saturated heterocycles. The largest absolute Gasteiger partial charge is 0.368 e. The highest BCUT2D eigenvalue weighted by Crippen LogP contribution is 2.32. The van der Waals surface area contributed by atoms with E-state index in [0.29, 0.717) is 5.39 Å². The molecule has 9 nitrogen and oxygen atoms in total. The van der Waals surface area contributed by atoms with Gasteiger partial charge in [-0.1, -0.05) is 11.6 Å². The van der Waals surface area contributed by atoms with Crippen molar-refractivity contribution in [1.29, 1.82) is 0 Å². The molecule has 0 amide bonds. The molecule has 0 aliphatic carbocycles. The van der Waals surface area contributed by atoms with E-state index in [1.54, 1.807) is 0 Å². The SMILES string of the molecule is Cn1c(=O)c(-c2c(F)ccc(NS(=O)(=O)c3cccnc3Cl)c2F)cc2cnc(N)nc21. The number of hydrogen-bond donors (Lipinski definition) is 2. The molecule has 3 aromatic heterocycles. The molecule has 0 radical (unpaired) electrons. The summed E-state index contributed by atoms with van der Waals surface area (Å²) >= 11 is 5.82. The van der Waals surface area contributed by atoms with Crippen LogP contribution in [0.1, 0.15) is 0 Å². The molecule has 3 N–H and O–H groups in total. The van der Waals surface area contributed by atoms with Crippen molar-refractivity contribution in [2.24, 2.45) is 7.05 Å². The molecule has 0 atom stereocenters. The predicted molar refractivity (Wildman–Crippen MR) is 115 cm³/mol. The minimum atomic E-state index is -4.36. The van der Waals surface area contributed by atoms with Crippen molar-refractivity contribution in [2.45, 2.75) is 4.90 Å². The first-order chi connectivity index (χ1) is 15.1. The summed E-state index contributed by atoms with van der Waals surface area (Å²) in [4.78, 5) is 23.9. The van der Waals surface area contributed by atoms with Crippen LogP contribution >= 0.6 is 11.6 Å². The molecule has 164 valence electrons. The second kappa shape index (κ2) is 7.80. The van der Waals surface area contributed by atoms with Crippen LogP contribution in [0.2, 0.25) is 5.15 Å². The summed E-state index contributed by atoms with van der Waals surface area (Å²) in [6.45, 7) is 0. The Hall–Kier alpha value is -3.64. The zero-order valence-electron chi connectivity index (χ0n) is 16.2. The first-order valence-electron chi connectivity index (χ1n) is 8.84. The quantitative estimate of drug-likeness (QED) is 0.431. The van der Waals surface area contributed by atoms with Crippen molar-refractivity contribution in [3.8, 4) is 11.1 Å². The fourth-order valence-electron chi connectivity index (χ4n) is 3.09. The van der Waals surface area contributed by atoms with Gasteiger partial charge in [0.15, 0.2) is 5.82 Å². The van der Waals surface area contributed by atoms with E-state index in [0.717, 1.165) is 16.7 Å². The first kappa shape index (κ1) is 21.6. The van der Waals surface area contributed by atoms with Gasteiger partial charge in [0.1, 0.15) is 21.5 Å². The maximum Gasteiger partial charge on any atom is 0.265 e. The van der Waals surface area contributed by atoms with Gasteiger partial charge in [-0.3, -0.25) is 14.1 Å². The summed E-state index contributed by atoms with van der Waals surface area (Å²) in [6.07, 6.45) is 2.58. The van der Waals surface area contributed by atoms with Gasteiger partial charge in [-0.2, -0.15) is 4.98 Å². The molecule has 4 aromatic rings. The number of aromatic nitrogens is 4. The molecule has 4 rings (SSSR count). The summed E-state index contributed by atoms with van der Waals surface area (Å²) in [5.74, 6) is -2.44. The van der Waals surface area contributed by atoms with Crippen LogP contribution < -0.4 is 16.0 Å². The Balaban J connectivity index is 1.89. The van der Waals surface area contributed by atoms with Crippen LogP contribution in [0, 0.1) is 11.6 Å². The van der Waals surface area contributed by atoms with Gasteiger partial charge in [0.05, 0.1) is 16.8 Å². The van der Waals surface area contributed by atoms with E-state index in [1.807, 2.05) is 4.72 Å². The zero-order valence-corrected chi connectivity index (χ0v) is 17.7. The molecule has 0 aliphatic heterocycles. The molecule has 0 aliphatic rings. The maximum absolute atomic E-state index is 15.3. The van der Waals surface area contributed by atoms with Crippen molar-refractivity contribution in [3.05, 3.63) is 69.9 Å². The molecule has 0 spiro atoms. The van der Waals surface area contributed by atoms with Crippen LogP contribution in [0.3, 0.4) is 0 Å². The van der Waals surface area contributed by atoms with Gasteiger partial charge in [-0.25, -0.2) is 27.2 Å². The lowest BCUT2D eigenvalue weighted by Gasteiger charge is -2.14. The van der Waals surface area contributed by atoms with E-state index < -0.39 is 43.4 Å². The number of pyridine rings is 2. The standard InChI is InChI=1S/C19H13ClF2N6O3S/c1-28-17-9(8-25-19(23)26-17)7-10(18(28)29)14-11(21)4-5-12(15(14)22)27-32(30,31)13-3-2-6-24-16(13)20/h2-8,27H,1H3,(H2,23,25,26). The number of nitrogen functional groups attached to an aromatic ring is 1. The van der Waals surface area contributed by atoms with Crippen molar-refractivity contribution in [2.75, 3.05) is 10.5 Å². The molecule has 32 heavy (non-hydrogen) atoms. The monoisotopic (exact) mass is 478 g/mol. The summed E-state index contributed by atoms with van der Waals surface area (Å²) in [6, 6.07) is 5.44. The third-order valence-corrected chi connectivity index (χ3v) is 6.40. The van der Waals surface area contributed by atoms with Crippen LogP contribution in [0.15, 0.2) is 52.4 Å². The number of nitrogens with two attached hydrogens (primary N) is 1. The Morgan fingerprint density at radius 3 is 2.66 bits per heavy atom. The topological polar surface area (TPSA) is 133 Å². The van der Waals surface area contributed by atoms with Gasteiger partial charge in [-0.15, -0.1) is 0 Å². The second-order valence-corrected chi connectivity index (χ2v) is 8.62. The lowest BCUT2D eigenvalue weighted by atomic mass is 10.0. The molecule has 0 bridgehead atoms. The fraction of sp³-hybridized carbons (Fsp3) is 0.0526. The number of halogens is 3. The molecule has 0 fully saturated rings. The first-order valence-corrected chi connectivity index (χ1v) is 10.7. The van der Waals surface area contributed by atoms with E-state index in [2.05, 4.69) is 15.0 Å². The number of anilines is 2. The number of benzene rings is 1. The molecule has 1 aromatic carbocycles. The zero-order chi connectivity index (χ0) is 23.2. The molecular formula is C19H13ClF2N6O3S. The van der Waals surface area contributed by atoms with Gasteiger partial charge in [0.2, 0.25) is 5.95 Å². The van der Waals surface area contributed by atoms with Gasteiger partial charge in [0, 0.05) is 24.8 Å². The smallest absolute Gasteiger partial charge is 0.265 e. The lowest BCUT2D eigenvalue weighted by Crippen LogP contribution is -2.21. The Labute approximate surface area is 184 Å². The second-order valence-electron chi connectivity index (χ2n) is 6.61. The molecule has 0 saturated carbocycles. The summed E-state index contributed by atoms with van der Waals surface area (Å²) in [5.41, 5.74) is 3.26. The molecule has 3 heterocycles. The van der Waals surface area contributed by atoms with E-state index in [4.69, 9.17) is 17.3 Å². The number of nitrogens with one attached hydrogen (secondary N) is 1. The maximum atomic E-state index is 15.3. The highest BCUT2D eigenvalue weighted by atomic mass is 35.5. The normalized spacial score (nSPS) is 11.6. The minimum Gasteiger partial charge on any atom is -0.368 e. The van der Waals surface area contributed by atoms with Crippen molar-refractivity contribution in [1.82, 2.24) is 19.5 Å². The van der Waals surface area contributed by atoms with Gasteiger partial charge >= 0.3 is 0 Å². The molecule has 0 unspecified atom stereocenters. The number of rotatable bonds is 4. The highest BCUT2D eigenvalue weighted by Gasteiger charge is 2.25. The molecular weight excluding hydrogens is 466 g/mol. The van der Waals surface area contributed by atoms with Gasteiger partial charge < -0.3 is 5.73 Å².